The van der Waals surface area contributed by atoms with Gasteiger partial charge in [-0.1, -0.05) is 141 Å². The lowest BCUT2D eigenvalue weighted by Gasteiger charge is -2.20. The molecular formula is C42H78NO10P. The minimum atomic E-state index is -4.71. The lowest BCUT2D eigenvalue weighted by molar-refractivity contribution is -0.161. The molecule has 0 saturated carbocycles. The molecule has 0 aromatic heterocycles. The van der Waals surface area contributed by atoms with Crippen molar-refractivity contribution in [2.45, 2.75) is 206 Å². The van der Waals surface area contributed by atoms with Gasteiger partial charge in [-0.3, -0.25) is 23.4 Å². The quantitative estimate of drug-likeness (QED) is 0.0233. The van der Waals surface area contributed by atoms with Crippen LogP contribution in [0.15, 0.2) is 24.3 Å². The van der Waals surface area contributed by atoms with Crippen LogP contribution in [-0.2, 0) is 37.5 Å². The Balaban J connectivity index is 4.39. The van der Waals surface area contributed by atoms with Gasteiger partial charge < -0.3 is 25.2 Å². The number of rotatable bonds is 40. The van der Waals surface area contributed by atoms with Crippen molar-refractivity contribution >= 4 is 25.7 Å². The van der Waals surface area contributed by atoms with Crippen molar-refractivity contribution in [3.63, 3.8) is 0 Å². The fourth-order valence-corrected chi connectivity index (χ4v) is 6.54. The summed E-state index contributed by atoms with van der Waals surface area (Å²) in [7, 11) is -4.71. The molecule has 0 radical (unpaired) electrons. The third-order valence-electron chi connectivity index (χ3n) is 9.17. The maximum Gasteiger partial charge on any atom is 0.472 e. The van der Waals surface area contributed by atoms with E-state index >= 15 is 0 Å². The number of carbonyl (C=O) groups is 3. The number of carboxylic acid groups (broad SMARTS) is 1. The standard InChI is InChI=1S/C42H78NO10P/c1-3-5-7-9-11-13-15-17-19-20-22-23-25-27-29-31-33-40(44)50-35-38(36-51-54(48,49)52-37-39(43)42(46)47)53-41(45)34-32-30-28-26-24-21-18-16-14-12-10-8-6-4-2/h16,18-20,38-39H,3-15,17,21-37,43H2,1-2H3,(H,46,47)(H,48,49)/b18-16-,20-19-/t38-,39+/m1/s1. The van der Waals surface area contributed by atoms with Gasteiger partial charge in [-0.25, -0.2) is 4.57 Å². The molecule has 0 aliphatic rings. The first-order chi connectivity index (χ1) is 26.1. The summed E-state index contributed by atoms with van der Waals surface area (Å²) in [6.07, 6.45) is 38.1. The largest absolute Gasteiger partial charge is 0.480 e. The summed E-state index contributed by atoms with van der Waals surface area (Å²) in [5, 5.41) is 8.88. The Morgan fingerprint density at radius 1 is 0.556 bits per heavy atom. The van der Waals surface area contributed by atoms with Crippen LogP contribution in [0.5, 0.6) is 0 Å². The van der Waals surface area contributed by atoms with E-state index in [0.29, 0.717) is 12.8 Å². The molecular weight excluding hydrogens is 709 g/mol. The molecule has 316 valence electrons. The van der Waals surface area contributed by atoms with Crippen molar-refractivity contribution in [2.24, 2.45) is 5.73 Å². The number of nitrogens with two attached hydrogens (primary N) is 1. The summed E-state index contributed by atoms with van der Waals surface area (Å²) < 4.78 is 32.6. The predicted molar refractivity (Wildman–Crippen MR) is 217 cm³/mol. The molecule has 0 bridgehead atoms. The Labute approximate surface area is 328 Å². The molecule has 0 fully saturated rings. The van der Waals surface area contributed by atoms with Gasteiger partial charge in [0.05, 0.1) is 13.2 Å². The molecule has 11 nitrogen and oxygen atoms in total. The second kappa shape index (κ2) is 37.9. The average Bonchev–Trinajstić information content (AvgIpc) is 3.14. The van der Waals surface area contributed by atoms with Gasteiger partial charge in [0.25, 0.3) is 0 Å². The van der Waals surface area contributed by atoms with Gasteiger partial charge in [0.2, 0.25) is 0 Å². The SMILES string of the molecule is CCCCCCC/C=C\CCCCCCCC(=O)O[C@H](COC(=O)CCCCCCC/C=C\CCCCCCCCC)COP(=O)(O)OC[C@H](N)C(=O)O. The maximum atomic E-state index is 12.6. The molecule has 4 N–H and O–H groups in total. The summed E-state index contributed by atoms with van der Waals surface area (Å²) in [5.41, 5.74) is 5.33. The Morgan fingerprint density at radius 3 is 1.35 bits per heavy atom. The third-order valence-corrected chi connectivity index (χ3v) is 10.1. The minimum absolute atomic E-state index is 0.151. The van der Waals surface area contributed by atoms with Crippen molar-refractivity contribution in [3.05, 3.63) is 24.3 Å². The third kappa shape index (κ3) is 36.9. The zero-order valence-corrected chi connectivity index (χ0v) is 35.0. The zero-order chi connectivity index (χ0) is 40.0. The highest BCUT2D eigenvalue weighted by atomic mass is 31.2. The summed E-state index contributed by atoms with van der Waals surface area (Å²) in [5.74, 6) is -2.40. The lowest BCUT2D eigenvalue weighted by atomic mass is 10.1. The number of esters is 2. The first-order valence-electron chi connectivity index (χ1n) is 21.4. The summed E-state index contributed by atoms with van der Waals surface area (Å²) in [6.45, 7) is 2.78. The fraction of sp³-hybridized carbons (Fsp3) is 0.833. The van der Waals surface area contributed by atoms with E-state index in [4.69, 9.17) is 24.8 Å². The lowest BCUT2D eigenvalue weighted by Crippen LogP contribution is -2.34. The van der Waals surface area contributed by atoms with Crippen molar-refractivity contribution < 1.29 is 47.5 Å². The van der Waals surface area contributed by atoms with Crippen LogP contribution in [0, 0.1) is 0 Å². The second-order valence-corrected chi connectivity index (χ2v) is 15.9. The van der Waals surface area contributed by atoms with Crippen LogP contribution in [0.3, 0.4) is 0 Å². The number of phosphoric ester groups is 1. The summed E-state index contributed by atoms with van der Waals surface area (Å²) >= 11 is 0. The van der Waals surface area contributed by atoms with E-state index in [9.17, 15) is 23.8 Å². The van der Waals surface area contributed by atoms with E-state index in [1.165, 1.54) is 77.0 Å². The van der Waals surface area contributed by atoms with Crippen LogP contribution >= 0.6 is 7.82 Å². The average molecular weight is 788 g/mol. The van der Waals surface area contributed by atoms with Gasteiger partial charge in [0.15, 0.2) is 6.10 Å². The smallest absolute Gasteiger partial charge is 0.472 e. The number of hydrogen-bond donors (Lipinski definition) is 3. The zero-order valence-electron chi connectivity index (χ0n) is 34.1. The van der Waals surface area contributed by atoms with Gasteiger partial charge >= 0.3 is 25.7 Å². The molecule has 0 saturated heterocycles. The number of carboxylic acids is 1. The van der Waals surface area contributed by atoms with Crippen molar-refractivity contribution in [1.82, 2.24) is 0 Å². The Morgan fingerprint density at radius 2 is 0.926 bits per heavy atom. The highest BCUT2D eigenvalue weighted by molar-refractivity contribution is 7.47. The van der Waals surface area contributed by atoms with Gasteiger partial charge in [0.1, 0.15) is 12.6 Å². The molecule has 0 amide bonds. The molecule has 0 aromatic rings. The predicted octanol–water partition coefficient (Wildman–Crippen LogP) is 11.1. The number of unbranched alkanes of at least 4 members (excludes halogenated alkanes) is 22. The topological polar surface area (TPSA) is 172 Å². The molecule has 3 atom stereocenters. The van der Waals surface area contributed by atoms with Gasteiger partial charge in [-0.05, 0) is 64.2 Å². The Hall–Kier alpha value is -2.04. The van der Waals surface area contributed by atoms with E-state index < -0.39 is 51.1 Å². The van der Waals surface area contributed by atoms with Crippen molar-refractivity contribution in [1.29, 1.82) is 0 Å². The fourth-order valence-electron chi connectivity index (χ4n) is 5.76. The monoisotopic (exact) mass is 788 g/mol. The van der Waals surface area contributed by atoms with Crippen molar-refractivity contribution in [2.75, 3.05) is 19.8 Å². The normalized spacial score (nSPS) is 14.0. The van der Waals surface area contributed by atoms with E-state index in [1.807, 2.05) is 0 Å². The maximum absolute atomic E-state index is 12.6. The first kappa shape index (κ1) is 52.0. The molecule has 0 heterocycles. The van der Waals surface area contributed by atoms with Crippen LogP contribution in [0.1, 0.15) is 194 Å². The van der Waals surface area contributed by atoms with Gasteiger partial charge in [-0.2, -0.15) is 0 Å². The number of phosphoric acid groups is 1. The van der Waals surface area contributed by atoms with Gasteiger partial charge in [-0.15, -0.1) is 0 Å². The highest BCUT2D eigenvalue weighted by Crippen LogP contribution is 2.43. The van der Waals surface area contributed by atoms with Crippen LogP contribution in [-0.4, -0.2) is 59.9 Å². The Bertz CT molecular complexity index is 1020. The van der Waals surface area contributed by atoms with Crippen LogP contribution < -0.4 is 5.73 Å². The van der Waals surface area contributed by atoms with E-state index in [-0.39, 0.29) is 19.4 Å². The van der Waals surface area contributed by atoms with E-state index in [2.05, 4.69) is 42.7 Å². The van der Waals surface area contributed by atoms with Crippen LogP contribution in [0.4, 0.5) is 0 Å². The van der Waals surface area contributed by atoms with E-state index in [0.717, 1.165) is 77.0 Å². The molecule has 0 rings (SSSR count). The van der Waals surface area contributed by atoms with Gasteiger partial charge in [0, 0.05) is 12.8 Å². The number of allylic oxidation sites excluding steroid dienone is 4. The minimum Gasteiger partial charge on any atom is -0.480 e. The number of aliphatic carboxylic acids is 1. The number of hydrogen-bond acceptors (Lipinski definition) is 9. The second-order valence-electron chi connectivity index (χ2n) is 14.5. The molecule has 0 aliphatic heterocycles. The van der Waals surface area contributed by atoms with Crippen LogP contribution in [0.2, 0.25) is 0 Å². The molecule has 1 unspecified atom stereocenters. The van der Waals surface area contributed by atoms with E-state index in [1.54, 1.807) is 0 Å². The van der Waals surface area contributed by atoms with Crippen LogP contribution in [0.25, 0.3) is 0 Å². The number of carbonyl (C=O) groups excluding carboxylic acids is 2. The summed E-state index contributed by atoms with van der Waals surface area (Å²) in [4.78, 5) is 45.9. The summed E-state index contributed by atoms with van der Waals surface area (Å²) in [6, 6.07) is -1.52. The Kier molecular flexibility index (Phi) is 36.4. The molecule has 0 spiro atoms. The first-order valence-corrected chi connectivity index (χ1v) is 22.9. The molecule has 0 aliphatic carbocycles. The highest BCUT2D eigenvalue weighted by Gasteiger charge is 2.28. The number of ether oxygens (including phenoxy) is 2. The molecule has 54 heavy (non-hydrogen) atoms. The molecule has 12 heteroatoms. The molecule has 0 aromatic carbocycles. The van der Waals surface area contributed by atoms with Crippen molar-refractivity contribution in [3.8, 4) is 0 Å².